The van der Waals surface area contributed by atoms with Crippen LogP contribution in [0.25, 0.3) is 0 Å². The van der Waals surface area contributed by atoms with Crippen LogP contribution in [-0.2, 0) is 11.3 Å². The molecule has 92 valence electrons. The molecule has 6 heteroatoms. The molecule has 0 atom stereocenters. The van der Waals surface area contributed by atoms with E-state index >= 15 is 0 Å². The molecule has 0 bridgehead atoms. The van der Waals surface area contributed by atoms with Gasteiger partial charge in [-0.05, 0) is 18.2 Å². The number of hydrogen-bond acceptors (Lipinski definition) is 3. The highest BCUT2D eigenvalue weighted by Gasteiger charge is 2.10. The second-order valence-electron chi connectivity index (χ2n) is 3.66. The van der Waals surface area contributed by atoms with Gasteiger partial charge in [-0.3, -0.25) is 14.3 Å². The van der Waals surface area contributed by atoms with Crippen LogP contribution >= 0.6 is 0 Å². The van der Waals surface area contributed by atoms with Gasteiger partial charge >= 0.3 is 0 Å². The summed E-state index contributed by atoms with van der Waals surface area (Å²) in [5, 5.41) is 6.55. The minimum absolute atomic E-state index is 0.0834. The third-order valence-corrected chi connectivity index (χ3v) is 2.33. The highest BCUT2D eigenvalue weighted by atomic mass is 16.2. The summed E-state index contributed by atoms with van der Waals surface area (Å²) >= 11 is 0. The molecule has 2 rings (SSSR count). The number of para-hydroxylation sites is 1. The molecule has 3 N–H and O–H groups in total. The molecule has 1 aromatic heterocycles. The molecule has 0 saturated heterocycles. The Balaban J connectivity index is 2.09. The Bertz CT molecular complexity index is 563. The highest BCUT2D eigenvalue weighted by Crippen LogP contribution is 2.14. The van der Waals surface area contributed by atoms with Crippen LogP contribution in [0.4, 0.5) is 5.69 Å². The van der Waals surface area contributed by atoms with Crippen LogP contribution in [0.2, 0.25) is 0 Å². The number of nitrogens with one attached hydrogen (secondary N) is 1. The van der Waals surface area contributed by atoms with E-state index in [1.165, 1.54) is 4.68 Å². The molecule has 1 heterocycles. The molecular weight excluding hydrogens is 232 g/mol. The summed E-state index contributed by atoms with van der Waals surface area (Å²) < 4.78 is 1.49. The minimum Gasteiger partial charge on any atom is -0.366 e. The van der Waals surface area contributed by atoms with Crippen LogP contribution < -0.4 is 11.1 Å². The maximum absolute atomic E-state index is 11.7. The summed E-state index contributed by atoms with van der Waals surface area (Å²) in [4.78, 5) is 22.9. The lowest BCUT2D eigenvalue weighted by atomic mass is 10.1. The van der Waals surface area contributed by atoms with Crippen LogP contribution in [0.5, 0.6) is 0 Å². The quantitative estimate of drug-likeness (QED) is 0.826. The van der Waals surface area contributed by atoms with Crippen molar-refractivity contribution in [3.05, 3.63) is 48.3 Å². The molecule has 2 aromatic rings. The van der Waals surface area contributed by atoms with E-state index in [1.807, 2.05) is 0 Å². The lowest BCUT2D eigenvalue weighted by Crippen LogP contribution is -2.21. The van der Waals surface area contributed by atoms with Crippen LogP contribution in [0.15, 0.2) is 42.7 Å². The minimum atomic E-state index is -0.579. The first-order chi connectivity index (χ1) is 8.66. The topological polar surface area (TPSA) is 90.0 Å². The first kappa shape index (κ1) is 11.8. The van der Waals surface area contributed by atoms with E-state index in [1.54, 1.807) is 42.7 Å². The Morgan fingerprint density at radius 3 is 2.72 bits per heavy atom. The monoisotopic (exact) mass is 244 g/mol. The number of carbonyl (C=O) groups is 2. The summed E-state index contributed by atoms with van der Waals surface area (Å²) in [7, 11) is 0. The molecule has 0 saturated carbocycles. The zero-order valence-electron chi connectivity index (χ0n) is 9.54. The van der Waals surface area contributed by atoms with Gasteiger partial charge in [-0.25, -0.2) is 0 Å². The molecule has 6 nitrogen and oxygen atoms in total. The van der Waals surface area contributed by atoms with Crippen molar-refractivity contribution in [2.75, 3.05) is 5.32 Å². The fraction of sp³-hybridized carbons (Fsp3) is 0.0833. The van der Waals surface area contributed by atoms with Gasteiger partial charge in [-0.1, -0.05) is 12.1 Å². The lowest BCUT2D eigenvalue weighted by molar-refractivity contribution is -0.116. The first-order valence-corrected chi connectivity index (χ1v) is 5.33. The number of aromatic nitrogens is 2. The molecule has 0 aliphatic carbocycles. The Labute approximate surface area is 103 Å². The van der Waals surface area contributed by atoms with Gasteiger partial charge in [0.1, 0.15) is 6.54 Å². The third-order valence-electron chi connectivity index (χ3n) is 2.33. The number of nitrogens with two attached hydrogens (primary N) is 1. The smallest absolute Gasteiger partial charge is 0.250 e. The predicted molar refractivity (Wildman–Crippen MR) is 65.8 cm³/mol. The zero-order chi connectivity index (χ0) is 13.0. The Kier molecular flexibility index (Phi) is 3.38. The van der Waals surface area contributed by atoms with E-state index in [0.717, 1.165) is 0 Å². The van der Waals surface area contributed by atoms with E-state index in [0.29, 0.717) is 5.69 Å². The van der Waals surface area contributed by atoms with E-state index in [9.17, 15) is 9.59 Å². The van der Waals surface area contributed by atoms with Crippen molar-refractivity contribution in [3.8, 4) is 0 Å². The molecule has 0 spiro atoms. The van der Waals surface area contributed by atoms with Crippen molar-refractivity contribution in [2.45, 2.75) is 6.54 Å². The summed E-state index contributed by atoms with van der Waals surface area (Å²) in [6.07, 6.45) is 3.27. The van der Waals surface area contributed by atoms with Gasteiger partial charge in [0.2, 0.25) is 5.91 Å². The fourth-order valence-electron chi connectivity index (χ4n) is 1.54. The normalized spacial score (nSPS) is 10.0. The van der Waals surface area contributed by atoms with E-state index < -0.39 is 5.91 Å². The molecular formula is C12H12N4O2. The van der Waals surface area contributed by atoms with Gasteiger partial charge in [-0.15, -0.1) is 0 Å². The zero-order valence-corrected chi connectivity index (χ0v) is 9.54. The summed E-state index contributed by atoms with van der Waals surface area (Å²) in [5.74, 6) is -0.850. The van der Waals surface area contributed by atoms with Crippen molar-refractivity contribution < 1.29 is 9.59 Å². The van der Waals surface area contributed by atoms with Crippen molar-refractivity contribution in [1.82, 2.24) is 9.78 Å². The maximum atomic E-state index is 11.7. The Morgan fingerprint density at radius 2 is 2.06 bits per heavy atom. The molecule has 0 radical (unpaired) electrons. The number of nitrogens with zero attached hydrogens (tertiary/aromatic N) is 2. The molecule has 0 aliphatic rings. The van der Waals surface area contributed by atoms with Crippen molar-refractivity contribution in [3.63, 3.8) is 0 Å². The number of anilines is 1. The Hall–Kier alpha value is -2.63. The molecule has 1 aromatic carbocycles. The van der Waals surface area contributed by atoms with Crippen LogP contribution in [0.3, 0.4) is 0 Å². The molecule has 0 unspecified atom stereocenters. The number of rotatable bonds is 4. The van der Waals surface area contributed by atoms with E-state index in [4.69, 9.17) is 5.73 Å². The molecule has 18 heavy (non-hydrogen) atoms. The van der Waals surface area contributed by atoms with Gasteiger partial charge < -0.3 is 11.1 Å². The standard InChI is InChI=1S/C12H12N4O2/c13-12(18)9-4-1-2-5-10(9)15-11(17)8-16-7-3-6-14-16/h1-7H,8H2,(H2,13,18)(H,15,17). The third kappa shape index (κ3) is 2.73. The van der Waals surface area contributed by atoms with Crippen LogP contribution in [0, 0.1) is 0 Å². The van der Waals surface area contributed by atoms with Gasteiger partial charge in [0.15, 0.2) is 0 Å². The van der Waals surface area contributed by atoms with Gasteiger partial charge in [0, 0.05) is 12.4 Å². The number of benzene rings is 1. The maximum Gasteiger partial charge on any atom is 0.250 e. The highest BCUT2D eigenvalue weighted by molar-refractivity contribution is 6.02. The summed E-state index contributed by atoms with van der Waals surface area (Å²) in [6, 6.07) is 8.32. The fourth-order valence-corrected chi connectivity index (χ4v) is 1.54. The SMILES string of the molecule is NC(=O)c1ccccc1NC(=O)Cn1cccn1. The number of carbonyl (C=O) groups excluding carboxylic acids is 2. The van der Waals surface area contributed by atoms with Crippen molar-refractivity contribution in [1.29, 1.82) is 0 Å². The second kappa shape index (κ2) is 5.13. The number of primary amides is 1. The van der Waals surface area contributed by atoms with E-state index in [-0.39, 0.29) is 18.0 Å². The molecule has 0 aliphatic heterocycles. The van der Waals surface area contributed by atoms with E-state index in [2.05, 4.69) is 10.4 Å². The van der Waals surface area contributed by atoms with Gasteiger partial charge in [0.05, 0.1) is 11.3 Å². The average Bonchev–Trinajstić information content (AvgIpc) is 2.82. The van der Waals surface area contributed by atoms with Crippen molar-refractivity contribution in [2.24, 2.45) is 5.73 Å². The first-order valence-electron chi connectivity index (χ1n) is 5.33. The molecule has 2 amide bonds. The van der Waals surface area contributed by atoms with Crippen molar-refractivity contribution >= 4 is 17.5 Å². The van der Waals surface area contributed by atoms with Crippen LogP contribution in [-0.4, -0.2) is 21.6 Å². The predicted octanol–water partition coefficient (Wildman–Crippen LogP) is 0.621. The Morgan fingerprint density at radius 1 is 1.28 bits per heavy atom. The largest absolute Gasteiger partial charge is 0.366 e. The van der Waals surface area contributed by atoms with Crippen LogP contribution in [0.1, 0.15) is 10.4 Å². The summed E-state index contributed by atoms with van der Waals surface area (Å²) in [6.45, 7) is 0.0834. The second-order valence-corrected chi connectivity index (χ2v) is 3.66. The van der Waals surface area contributed by atoms with Gasteiger partial charge in [0.25, 0.3) is 5.91 Å². The van der Waals surface area contributed by atoms with Gasteiger partial charge in [-0.2, -0.15) is 5.10 Å². The number of amides is 2. The number of hydrogen-bond donors (Lipinski definition) is 2. The summed E-state index contributed by atoms with van der Waals surface area (Å²) in [5.41, 5.74) is 5.91. The average molecular weight is 244 g/mol. The molecule has 0 fully saturated rings. The lowest BCUT2D eigenvalue weighted by Gasteiger charge is -2.08.